The van der Waals surface area contributed by atoms with Gasteiger partial charge < -0.3 is 10.6 Å². The molecule has 0 aromatic carbocycles. The molecule has 1 aliphatic rings. The molecule has 1 saturated heterocycles. The molecule has 1 aliphatic heterocycles. The van der Waals surface area contributed by atoms with Gasteiger partial charge in [-0.1, -0.05) is 6.92 Å². The van der Waals surface area contributed by atoms with Crippen LogP contribution in [0.15, 0.2) is 0 Å². The van der Waals surface area contributed by atoms with E-state index >= 15 is 0 Å². The highest BCUT2D eigenvalue weighted by molar-refractivity contribution is 5.91. The maximum absolute atomic E-state index is 12.1. The van der Waals surface area contributed by atoms with Crippen LogP contribution in [0.25, 0.3) is 0 Å². The maximum Gasteiger partial charge on any atom is 0.291 e. The highest BCUT2D eigenvalue weighted by Crippen LogP contribution is 2.23. The van der Waals surface area contributed by atoms with E-state index in [4.69, 9.17) is 5.73 Å². The molecule has 0 aliphatic carbocycles. The van der Waals surface area contributed by atoms with Gasteiger partial charge >= 0.3 is 0 Å². The van der Waals surface area contributed by atoms with Crippen LogP contribution in [0.3, 0.4) is 0 Å². The summed E-state index contributed by atoms with van der Waals surface area (Å²) in [5, 5.41) is 6.23. The summed E-state index contributed by atoms with van der Waals surface area (Å²) in [6, 6.07) is 0.243. The van der Waals surface area contributed by atoms with Crippen molar-refractivity contribution in [1.82, 2.24) is 20.1 Å². The van der Waals surface area contributed by atoms with Crippen LogP contribution in [0.4, 0.5) is 5.95 Å². The van der Waals surface area contributed by atoms with E-state index in [-0.39, 0.29) is 23.7 Å². The fraction of sp³-hybridized carbons (Fsp3) is 0.700. The number of nitrogen functional groups attached to an aromatic ring is 1. The molecule has 1 amide bonds. The smallest absolute Gasteiger partial charge is 0.291 e. The SMILES string of the molecule is CC1CCCN(C(=O)c2nc(N)n[nH]2)C1C. The molecule has 2 heterocycles. The van der Waals surface area contributed by atoms with Crippen molar-refractivity contribution in [3.05, 3.63) is 5.82 Å². The third-order valence-electron chi connectivity index (χ3n) is 3.34. The van der Waals surface area contributed by atoms with Crippen LogP contribution < -0.4 is 5.73 Å². The molecule has 0 bridgehead atoms. The van der Waals surface area contributed by atoms with E-state index < -0.39 is 0 Å². The Balaban J connectivity index is 2.15. The molecule has 6 heteroatoms. The number of likely N-dealkylation sites (tertiary alicyclic amines) is 1. The molecule has 1 fully saturated rings. The van der Waals surface area contributed by atoms with Crippen LogP contribution >= 0.6 is 0 Å². The van der Waals surface area contributed by atoms with Gasteiger partial charge in [0, 0.05) is 12.6 Å². The number of rotatable bonds is 1. The van der Waals surface area contributed by atoms with Crippen LogP contribution in [-0.2, 0) is 0 Å². The first-order chi connectivity index (χ1) is 7.59. The second-order valence-electron chi connectivity index (χ2n) is 4.40. The number of piperidine rings is 1. The van der Waals surface area contributed by atoms with Gasteiger partial charge in [0.05, 0.1) is 0 Å². The van der Waals surface area contributed by atoms with Crippen molar-refractivity contribution in [2.75, 3.05) is 12.3 Å². The number of nitrogens with one attached hydrogen (secondary N) is 1. The summed E-state index contributed by atoms with van der Waals surface area (Å²) >= 11 is 0. The molecule has 3 N–H and O–H groups in total. The van der Waals surface area contributed by atoms with Crippen molar-refractivity contribution in [1.29, 1.82) is 0 Å². The number of hydrogen-bond acceptors (Lipinski definition) is 4. The zero-order valence-corrected chi connectivity index (χ0v) is 9.60. The van der Waals surface area contributed by atoms with Crippen molar-refractivity contribution < 1.29 is 4.79 Å². The molecule has 2 rings (SSSR count). The number of aromatic nitrogens is 3. The molecule has 1 aromatic rings. The lowest BCUT2D eigenvalue weighted by Gasteiger charge is -2.37. The molecule has 0 spiro atoms. The van der Waals surface area contributed by atoms with Crippen LogP contribution in [0, 0.1) is 5.92 Å². The van der Waals surface area contributed by atoms with E-state index in [9.17, 15) is 4.79 Å². The minimum absolute atomic E-state index is 0.108. The van der Waals surface area contributed by atoms with Gasteiger partial charge in [-0.25, -0.2) is 0 Å². The Kier molecular flexibility index (Phi) is 2.80. The van der Waals surface area contributed by atoms with Crippen LogP contribution in [-0.4, -0.2) is 38.6 Å². The second-order valence-corrected chi connectivity index (χ2v) is 4.40. The molecular formula is C10H17N5O. The van der Waals surface area contributed by atoms with Gasteiger partial charge in [-0.05, 0) is 25.7 Å². The van der Waals surface area contributed by atoms with Crippen molar-refractivity contribution in [2.45, 2.75) is 32.7 Å². The Hall–Kier alpha value is -1.59. The first kappa shape index (κ1) is 10.9. The van der Waals surface area contributed by atoms with Crippen LogP contribution in [0.2, 0.25) is 0 Å². The predicted octanol–water partition coefficient (Wildman–Crippen LogP) is 0.647. The van der Waals surface area contributed by atoms with Gasteiger partial charge in [0.2, 0.25) is 11.8 Å². The Morgan fingerprint density at radius 3 is 2.94 bits per heavy atom. The first-order valence-corrected chi connectivity index (χ1v) is 5.58. The number of amides is 1. The number of hydrogen-bond donors (Lipinski definition) is 2. The summed E-state index contributed by atoms with van der Waals surface area (Å²) in [5.74, 6) is 0.765. The van der Waals surface area contributed by atoms with Crippen molar-refractivity contribution >= 4 is 11.9 Å². The summed E-state index contributed by atoms with van der Waals surface area (Å²) in [4.78, 5) is 17.8. The Labute approximate surface area is 94.2 Å². The minimum Gasteiger partial charge on any atom is -0.366 e. The summed E-state index contributed by atoms with van der Waals surface area (Å²) in [6.45, 7) is 5.02. The van der Waals surface area contributed by atoms with E-state index in [0.717, 1.165) is 13.0 Å². The molecule has 2 unspecified atom stereocenters. The zero-order valence-electron chi connectivity index (χ0n) is 9.60. The lowest BCUT2D eigenvalue weighted by Crippen LogP contribution is -2.46. The minimum atomic E-state index is -0.108. The number of anilines is 1. The number of H-pyrrole nitrogens is 1. The first-order valence-electron chi connectivity index (χ1n) is 5.58. The summed E-state index contributed by atoms with van der Waals surface area (Å²) in [5.41, 5.74) is 5.38. The van der Waals surface area contributed by atoms with Gasteiger partial charge in [-0.2, -0.15) is 4.98 Å². The van der Waals surface area contributed by atoms with Gasteiger partial charge in [0.1, 0.15) is 0 Å². The lowest BCUT2D eigenvalue weighted by molar-refractivity contribution is 0.0539. The van der Waals surface area contributed by atoms with Gasteiger partial charge in [-0.3, -0.25) is 9.89 Å². The lowest BCUT2D eigenvalue weighted by atomic mass is 9.92. The van der Waals surface area contributed by atoms with E-state index in [1.54, 1.807) is 0 Å². The average molecular weight is 223 g/mol. The Bertz CT molecular complexity index is 388. The fourth-order valence-electron chi connectivity index (χ4n) is 2.13. The second kappa shape index (κ2) is 4.11. The number of aromatic amines is 1. The van der Waals surface area contributed by atoms with Crippen LogP contribution in [0.5, 0.6) is 0 Å². The Morgan fingerprint density at radius 1 is 1.56 bits per heavy atom. The van der Waals surface area contributed by atoms with Crippen molar-refractivity contribution in [2.24, 2.45) is 5.92 Å². The number of carbonyl (C=O) groups is 1. The zero-order chi connectivity index (χ0) is 11.7. The van der Waals surface area contributed by atoms with Gasteiger partial charge in [0.25, 0.3) is 5.91 Å². The predicted molar refractivity (Wildman–Crippen MR) is 59.7 cm³/mol. The number of nitrogens with two attached hydrogens (primary N) is 1. The highest BCUT2D eigenvalue weighted by Gasteiger charge is 2.30. The normalized spacial score (nSPS) is 25.8. The summed E-state index contributed by atoms with van der Waals surface area (Å²) in [7, 11) is 0. The van der Waals surface area contributed by atoms with Crippen LogP contribution in [0.1, 0.15) is 37.3 Å². The van der Waals surface area contributed by atoms with E-state index in [1.165, 1.54) is 6.42 Å². The van der Waals surface area contributed by atoms with Crippen molar-refractivity contribution in [3.8, 4) is 0 Å². The largest absolute Gasteiger partial charge is 0.366 e. The summed E-state index contributed by atoms with van der Waals surface area (Å²) < 4.78 is 0. The molecular weight excluding hydrogens is 206 g/mol. The highest BCUT2D eigenvalue weighted by atomic mass is 16.2. The number of nitrogens with zero attached hydrogens (tertiary/aromatic N) is 3. The molecule has 0 radical (unpaired) electrons. The van der Waals surface area contributed by atoms with Crippen molar-refractivity contribution in [3.63, 3.8) is 0 Å². The number of carbonyl (C=O) groups excluding carboxylic acids is 1. The topological polar surface area (TPSA) is 87.9 Å². The molecule has 2 atom stereocenters. The van der Waals surface area contributed by atoms with E-state index in [0.29, 0.717) is 5.92 Å². The van der Waals surface area contributed by atoms with Gasteiger partial charge in [0.15, 0.2) is 0 Å². The molecule has 16 heavy (non-hydrogen) atoms. The molecule has 6 nitrogen and oxygen atoms in total. The third kappa shape index (κ3) is 1.87. The monoisotopic (exact) mass is 223 g/mol. The summed E-state index contributed by atoms with van der Waals surface area (Å²) in [6.07, 6.45) is 2.21. The Morgan fingerprint density at radius 2 is 2.31 bits per heavy atom. The fourth-order valence-corrected chi connectivity index (χ4v) is 2.13. The maximum atomic E-state index is 12.1. The van der Waals surface area contributed by atoms with E-state index in [2.05, 4.69) is 29.0 Å². The molecule has 88 valence electrons. The third-order valence-corrected chi connectivity index (χ3v) is 3.34. The molecule has 1 aromatic heterocycles. The quantitative estimate of drug-likeness (QED) is 0.731. The van der Waals surface area contributed by atoms with E-state index in [1.807, 2.05) is 4.90 Å². The molecule has 0 saturated carbocycles. The average Bonchev–Trinajstić information content (AvgIpc) is 2.68. The standard InChI is InChI=1S/C10H17N5O/c1-6-4-3-5-15(7(6)2)9(16)8-12-10(11)14-13-8/h6-7H,3-5H2,1-2H3,(H3,11,12,13,14). The van der Waals surface area contributed by atoms with Gasteiger partial charge in [-0.15, -0.1) is 5.10 Å².